The Bertz CT molecular complexity index is 768. The van der Waals surface area contributed by atoms with E-state index < -0.39 is 0 Å². The van der Waals surface area contributed by atoms with E-state index in [4.69, 9.17) is 9.47 Å². The van der Waals surface area contributed by atoms with Crippen LogP contribution in [0.3, 0.4) is 0 Å². The molecule has 6 nitrogen and oxygen atoms in total. The lowest BCUT2D eigenvalue weighted by Crippen LogP contribution is -2.38. The molecule has 6 heteroatoms. The third-order valence-corrected chi connectivity index (χ3v) is 5.14. The van der Waals surface area contributed by atoms with Crippen LogP contribution in [0.25, 0.3) is 0 Å². The molecular weight excluding hydrogens is 364 g/mol. The highest BCUT2D eigenvalue weighted by Crippen LogP contribution is 2.13. The number of ether oxygens (including phenoxy) is 2. The summed E-state index contributed by atoms with van der Waals surface area (Å²) in [6.07, 6.45) is 0. The van der Waals surface area contributed by atoms with Crippen LogP contribution in [0.15, 0.2) is 53.5 Å². The molecule has 1 aliphatic heterocycles. The molecule has 1 saturated heterocycles. The van der Waals surface area contributed by atoms with E-state index in [1.165, 1.54) is 16.7 Å². The van der Waals surface area contributed by atoms with E-state index in [1.807, 2.05) is 26.2 Å². The molecule has 2 aromatic carbocycles. The van der Waals surface area contributed by atoms with Crippen molar-refractivity contribution in [2.24, 2.45) is 4.99 Å². The first kappa shape index (κ1) is 21.1. The standard InChI is InChI=1S/C23H32N4O2/c1-24-23(26(2)17-20-8-10-22(28-3)11-9-20)25-16-19-4-6-21(7-5-19)18-27-12-14-29-15-13-27/h4-11H,12-18H2,1-3H3,(H,24,25). The summed E-state index contributed by atoms with van der Waals surface area (Å²) < 4.78 is 10.6. The number of guanidine groups is 1. The number of hydrogen-bond donors (Lipinski definition) is 1. The molecule has 0 spiro atoms. The Morgan fingerprint density at radius 2 is 1.66 bits per heavy atom. The van der Waals surface area contributed by atoms with Gasteiger partial charge in [-0.3, -0.25) is 9.89 Å². The van der Waals surface area contributed by atoms with Gasteiger partial charge in [-0.25, -0.2) is 0 Å². The van der Waals surface area contributed by atoms with Gasteiger partial charge < -0.3 is 19.7 Å². The molecule has 1 N–H and O–H groups in total. The van der Waals surface area contributed by atoms with Crippen LogP contribution >= 0.6 is 0 Å². The van der Waals surface area contributed by atoms with Gasteiger partial charge in [-0.05, 0) is 28.8 Å². The quantitative estimate of drug-likeness (QED) is 0.576. The smallest absolute Gasteiger partial charge is 0.193 e. The van der Waals surface area contributed by atoms with Gasteiger partial charge in [0.05, 0.1) is 20.3 Å². The molecule has 0 aliphatic carbocycles. The van der Waals surface area contributed by atoms with Crippen LogP contribution in [0.5, 0.6) is 5.75 Å². The third kappa shape index (κ3) is 6.48. The number of nitrogens with one attached hydrogen (secondary N) is 1. The second-order valence-electron chi connectivity index (χ2n) is 7.31. The van der Waals surface area contributed by atoms with Crippen molar-refractivity contribution in [2.75, 3.05) is 47.5 Å². The normalized spacial score (nSPS) is 15.2. The fourth-order valence-corrected chi connectivity index (χ4v) is 3.43. The van der Waals surface area contributed by atoms with E-state index in [1.54, 1.807) is 7.11 Å². The summed E-state index contributed by atoms with van der Waals surface area (Å²) in [5.41, 5.74) is 3.80. The monoisotopic (exact) mass is 396 g/mol. The fraction of sp³-hybridized carbons (Fsp3) is 0.435. The summed E-state index contributed by atoms with van der Waals surface area (Å²) in [4.78, 5) is 8.97. The Morgan fingerprint density at radius 1 is 1.03 bits per heavy atom. The maximum atomic E-state index is 5.42. The summed E-state index contributed by atoms with van der Waals surface area (Å²) in [6, 6.07) is 17.0. The number of benzene rings is 2. The first-order valence-corrected chi connectivity index (χ1v) is 10.1. The maximum absolute atomic E-state index is 5.42. The number of nitrogens with zero attached hydrogens (tertiary/aromatic N) is 3. The molecule has 0 atom stereocenters. The van der Waals surface area contributed by atoms with Crippen LogP contribution in [0.1, 0.15) is 16.7 Å². The molecule has 0 radical (unpaired) electrons. The summed E-state index contributed by atoms with van der Waals surface area (Å²) in [6.45, 7) is 6.22. The van der Waals surface area contributed by atoms with Crippen molar-refractivity contribution in [1.29, 1.82) is 0 Å². The largest absolute Gasteiger partial charge is 0.497 e. The van der Waals surface area contributed by atoms with Crippen molar-refractivity contribution in [3.05, 3.63) is 65.2 Å². The van der Waals surface area contributed by atoms with Crippen LogP contribution in [0.2, 0.25) is 0 Å². The van der Waals surface area contributed by atoms with E-state index in [2.05, 4.69) is 56.5 Å². The average molecular weight is 397 g/mol. The predicted octanol–water partition coefficient (Wildman–Crippen LogP) is 2.73. The lowest BCUT2D eigenvalue weighted by Gasteiger charge is -2.26. The minimum absolute atomic E-state index is 0.747. The van der Waals surface area contributed by atoms with E-state index in [0.29, 0.717) is 0 Å². The highest BCUT2D eigenvalue weighted by atomic mass is 16.5. The highest BCUT2D eigenvalue weighted by Gasteiger charge is 2.11. The summed E-state index contributed by atoms with van der Waals surface area (Å²) >= 11 is 0. The molecule has 3 rings (SSSR count). The zero-order valence-electron chi connectivity index (χ0n) is 17.7. The molecule has 156 valence electrons. The summed E-state index contributed by atoms with van der Waals surface area (Å²) in [5, 5.41) is 3.45. The second-order valence-corrected chi connectivity index (χ2v) is 7.31. The zero-order chi connectivity index (χ0) is 20.5. The van der Waals surface area contributed by atoms with E-state index in [9.17, 15) is 0 Å². The number of rotatable bonds is 7. The maximum Gasteiger partial charge on any atom is 0.193 e. The molecule has 29 heavy (non-hydrogen) atoms. The second kappa shape index (κ2) is 10.8. The fourth-order valence-electron chi connectivity index (χ4n) is 3.43. The summed E-state index contributed by atoms with van der Waals surface area (Å²) in [5.74, 6) is 1.74. The van der Waals surface area contributed by atoms with Crippen molar-refractivity contribution < 1.29 is 9.47 Å². The summed E-state index contributed by atoms with van der Waals surface area (Å²) in [7, 11) is 5.55. The van der Waals surface area contributed by atoms with Crippen LogP contribution in [-0.2, 0) is 24.4 Å². The van der Waals surface area contributed by atoms with E-state index in [-0.39, 0.29) is 0 Å². The van der Waals surface area contributed by atoms with Crippen molar-refractivity contribution in [1.82, 2.24) is 15.1 Å². The first-order valence-electron chi connectivity index (χ1n) is 10.1. The predicted molar refractivity (Wildman–Crippen MR) is 117 cm³/mol. The van der Waals surface area contributed by atoms with Crippen LogP contribution in [0, 0.1) is 0 Å². The number of morpholine rings is 1. The van der Waals surface area contributed by atoms with Gasteiger partial charge in [0.1, 0.15) is 5.75 Å². The lowest BCUT2D eigenvalue weighted by molar-refractivity contribution is 0.0342. The van der Waals surface area contributed by atoms with Gasteiger partial charge in [-0.2, -0.15) is 0 Å². The van der Waals surface area contributed by atoms with Gasteiger partial charge in [-0.15, -0.1) is 0 Å². The van der Waals surface area contributed by atoms with Gasteiger partial charge >= 0.3 is 0 Å². The SMILES string of the molecule is CN=C(NCc1ccc(CN2CCOCC2)cc1)N(C)Cc1ccc(OC)cc1. The molecule has 0 amide bonds. The molecule has 0 unspecified atom stereocenters. The molecule has 0 bridgehead atoms. The Balaban J connectivity index is 1.48. The number of aliphatic imine (C=N–C) groups is 1. The lowest BCUT2D eigenvalue weighted by atomic mass is 10.1. The first-order chi connectivity index (χ1) is 14.2. The van der Waals surface area contributed by atoms with Gasteiger partial charge in [0.2, 0.25) is 0 Å². The molecule has 1 fully saturated rings. The Kier molecular flexibility index (Phi) is 7.90. The van der Waals surface area contributed by atoms with Crippen molar-refractivity contribution in [3.63, 3.8) is 0 Å². The van der Waals surface area contributed by atoms with E-state index >= 15 is 0 Å². The number of methoxy groups -OCH3 is 1. The van der Waals surface area contributed by atoms with Gasteiger partial charge in [0, 0.05) is 46.8 Å². The molecule has 0 aromatic heterocycles. The minimum atomic E-state index is 0.747. The van der Waals surface area contributed by atoms with Crippen LogP contribution in [0.4, 0.5) is 0 Å². The third-order valence-electron chi connectivity index (χ3n) is 5.14. The molecular formula is C23H32N4O2. The Labute approximate surface area is 174 Å². The van der Waals surface area contributed by atoms with Gasteiger partial charge in [0.15, 0.2) is 5.96 Å². The van der Waals surface area contributed by atoms with Crippen molar-refractivity contribution in [3.8, 4) is 5.75 Å². The zero-order valence-corrected chi connectivity index (χ0v) is 17.7. The van der Waals surface area contributed by atoms with Gasteiger partial charge in [-0.1, -0.05) is 36.4 Å². The van der Waals surface area contributed by atoms with Crippen LogP contribution < -0.4 is 10.1 Å². The molecule has 0 saturated carbocycles. The molecule has 1 heterocycles. The minimum Gasteiger partial charge on any atom is -0.497 e. The highest BCUT2D eigenvalue weighted by molar-refractivity contribution is 5.79. The average Bonchev–Trinajstić information content (AvgIpc) is 2.76. The molecule has 2 aromatic rings. The van der Waals surface area contributed by atoms with Gasteiger partial charge in [0.25, 0.3) is 0 Å². The van der Waals surface area contributed by atoms with Crippen LogP contribution in [-0.4, -0.2) is 63.3 Å². The van der Waals surface area contributed by atoms with E-state index in [0.717, 1.165) is 57.6 Å². The Hall–Kier alpha value is -2.57. The van der Waals surface area contributed by atoms with Crippen molar-refractivity contribution in [2.45, 2.75) is 19.6 Å². The Morgan fingerprint density at radius 3 is 2.28 bits per heavy atom. The molecule has 1 aliphatic rings. The topological polar surface area (TPSA) is 49.3 Å². The number of hydrogen-bond acceptors (Lipinski definition) is 4. The van der Waals surface area contributed by atoms with Crippen molar-refractivity contribution >= 4 is 5.96 Å².